The predicted octanol–water partition coefficient (Wildman–Crippen LogP) is 4.83. The molecular weight excluding hydrogens is 291 g/mol. The monoisotopic (exact) mass is 310 g/mol. The van der Waals surface area contributed by atoms with Crippen molar-refractivity contribution in [3.8, 4) is 0 Å². The second kappa shape index (κ2) is 7.46. The van der Waals surface area contributed by atoms with Crippen molar-refractivity contribution in [2.45, 2.75) is 38.1 Å². The number of halogens is 2. The fourth-order valence-electron chi connectivity index (χ4n) is 2.70. The molecule has 0 atom stereocenters. The summed E-state index contributed by atoms with van der Waals surface area (Å²) in [5.41, 5.74) is 0.497. The highest BCUT2D eigenvalue weighted by Crippen LogP contribution is 2.24. The molecule has 1 saturated carbocycles. The minimum atomic E-state index is -0.495. The normalized spacial score (nSPS) is 15.5. The van der Waals surface area contributed by atoms with E-state index >= 15 is 0 Å². The number of rotatable bonds is 4. The maximum Gasteiger partial charge on any atom is 0.322 e. The van der Waals surface area contributed by atoms with E-state index in [0.29, 0.717) is 12.2 Å². The Kier molecular flexibility index (Phi) is 5.62. The van der Waals surface area contributed by atoms with Crippen LogP contribution in [0, 0.1) is 5.82 Å². The van der Waals surface area contributed by atoms with Crippen molar-refractivity contribution >= 4 is 23.3 Å². The van der Waals surface area contributed by atoms with Gasteiger partial charge in [-0.2, -0.15) is 0 Å². The molecule has 1 fully saturated rings. The molecule has 0 saturated heterocycles. The summed E-state index contributed by atoms with van der Waals surface area (Å²) in [7, 11) is 0. The van der Waals surface area contributed by atoms with Crippen molar-refractivity contribution < 1.29 is 9.18 Å². The number of nitrogens with zero attached hydrogens (tertiary/aromatic N) is 1. The van der Waals surface area contributed by atoms with E-state index in [1.165, 1.54) is 24.6 Å². The Bertz CT molecular complexity index is 515. The molecule has 2 amide bonds. The molecule has 0 bridgehead atoms. The summed E-state index contributed by atoms with van der Waals surface area (Å²) in [5, 5.41) is 2.78. The van der Waals surface area contributed by atoms with Crippen LogP contribution < -0.4 is 5.32 Å². The lowest BCUT2D eigenvalue weighted by atomic mass is 9.94. The molecule has 0 heterocycles. The molecule has 1 aliphatic rings. The van der Waals surface area contributed by atoms with Crippen LogP contribution in [0.4, 0.5) is 14.9 Å². The van der Waals surface area contributed by atoms with Crippen LogP contribution in [0.15, 0.2) is 30.9 Å². The molecule has 1 aliphatic carbocycles. The summed E-state index contributed by atoms with van der Waals surface area (Å²) in [4.78, 5) is 14.2. The molecule has 0 unspecified atom stereocenters. The maximum atomic E-state index is 13.1. The molecule has 1 aromatic rings. The largest absolute Gasteiger partial charge is 0.322 e. The van der Waals surface area contributed by atoms with Crippen LogP contribution in [-0.2, 0) is 0 Å². The zero-order chi connectivity index (χ0) is 15.2. The zero-order valence-corrected chi connectivity index (χ0v) is 12.7. The third-order valence-corrected chi connectivity index (χ3v) is 4.06. The Balaban J connectivity index is 2.06. The number of carbonyl (C=O) groups is 1. The van der Waals surface area contributed by atoms with Crippen molar-refractivity contribution in [3.05, 3.63) is 41.7 Å². The van der Waals surface area contributed by atoms with Gasteiger partial charge in [0.05, 0.1) is 5.02 Å². The summed E-state index contributed by atoms with van der Waals surface area (Å²) >= 11 is 5.73. The van der Waals surface area contributed by atoms with Gasteiger partial charge in [0.25, 0.3) is 0 Å². The summed E-state index contributed by atoms with van der Waals surface area (Å²) in [6.45, 7) is 4.22. The lowest BCUT2D eigenvalue weighted by molar-refractivity contribution is 0.176. The fourth-order valence-corrected chi connectivity index (χ4v) is 2.88. The van der Waals surface area contributed by atoms with Gasteiger partial charge < -0.3 is 10.2 Å². The summed E-state index contributed by atoms with van der Waals surface area (Å²) in [5.74, 6) is -0.495. The third kappa shape index (κ3) is 4.21. The number of hydrogen-bond donors (Lipinski definition) is 1. The quantitative estimate of drug-likeness (QED) is 0.794. The van der Waals surface area contributed by atoms with Crippen LogP contribution in [0.2, 0.25) is 5.02 Å². The van der Waals surface area contributed by atoms with Crippen molar-refractivity contribution in [3.63, 3.8) is 0 Å². The smallest absolute Gasteiger partial charge is 0.318 e. The average molecular weight is 311 g/mol. The van der Waals surface area contributed by atoms with E-state index < -0.39 is 5.82 Å². The zero-order valence-electron chi connectivity index (χ0n) is 11.9. The Morgan fingerprint density at radius 2 is 2.14 bits per heavy atom. The van der Waals surface area contributed by atoms with Crippen LogP contribution in [0.25, 0.3) is 0 Å². The first-order valence-corrected chi connectivity index (χ1v) is 7.63. The van der Waals surface area contributed by atoms with Gasteiger partial charge in [-0.15, -0.1) is 6.58 Å². The van der Waals surface area contributed by atoms with Crippen LogP contribution >= 0.6 is 11.6 Å². The molecule has 2 rings (SSSR count). The van der Waals surface area contributed by atoms with E-state index in [1.807, 2.05) is 0 Å². The van der Waals surface area contributed by atoms with E-state index in [1.54, 1.807) is 11.0 Å². The number of benzene rings is 1. The minimum Gasteiger partial charge on any atom is -0.318 e. The van der Waals surface area contributed by atoms with Crippen molar-refractivity contribution in [1.82, 2.24) is 4.90 Å². The summed E-state index contributed by atoms with van der Waals surface area (Å²) < 4.78 is 13.1. The standard InChI is InChI=1S/C16H20ClFN2O/c1-2-10-20(13-6-4-3-5-7-13)16(21)19-12-8-9-15(18)14(17)11-12/h2,8-9,11,13H,1,3-7,10H2,(H,19,21). The minimum absolute atomic E-state index is 0.000682. The Hall–Kier alpha value is -1.55. The van der Waals surface area contributed by atoms with Gasteiger partial charge in [-0.1, -0.05) is 36.9 Å². The van der Waals surface area contributed by atoms with Gasteiger partial charge in [-0.05, 0) is 31.0 Å². The molecule has 114 valence electrons. The van der Waals surface area contributed by atoms with Gasteiger partial charge in [0.1, 0.15) is 5.82 Å². The molecule has 1 N–H and O–H groups in total. The predicted molar refractivity (Wildman–Crippen MR) is 84.2 cm³/mol. The lowest BCUT2D eigenvalue weighted by Crippen LogP contribution is -2.43. The highest BCUT2D eigenvalue weighted by molar-refractivity contribution is 6.31. The molecule has 1 aromatic carbocycles. The average Bonchev–Trinajstić information content (AvgIpc) is 2.49. The number of amides is 2. The summed E-state index contributed by atoms with van der Waals surface area (Å²) in [6.07, 6.45) is 7.29. The summed E-state index contributed by atoms with van der Waals surface area (Å²) in [6, 6.07) is 4.22. The lowest BCUT2D eigenvalue weighted by Gasteiger charge is -2.33. The first-order valence-electron chi connectivity index (χ1n) is 7.25. The number of carbonyl (C=O) groups excluding carboxylic acids is 1. The van der Waals surface area contributed by atoms with Crippen LogP contribution in [0.5, 0.6) is 0 Å². The van der Waals surface area contributed by atoms with Gasteiger partial charge in [0.2, 0.25) is 0 Å². The van der Waals surface area contributed by atoms with E-state index in [4.69, 9.17) is 11.6 Å². The van der Waals surface area contributed by atoms with E-state index in [2.05, 4.69) is 11.9 Å². The maximum absolute atomic E-state index is 13.1. The second-order valence-corrected chi connectivity index (χ2v) is 5.70. The molecular formula is C16H20ClFN2O. The number of anilines is 1. The Labute approximate surface area is 129 Å². The van der Waals surface area contributed by atoms with Gasteiger partial charge in [-0.25, -0.2) is 9.18 Å². The topological polar surface area (TPSA) is 32.3 Å². The highest BCUT2D eigenvalue weighted by Gasteiger charge is 2.24. The van der Waals surface area contributed by atoms with Crippen LogP contribution in [0.3, 0.4) is 0 Å². The van der Waals surface area contributed by atoms with Gasteiger partial charge >= 0.3 is 6.03 Å². The van der Waals surface area contributed by atoms with E-state index in [9.17, 15) is 9.18 Å². The van der Waals surface area contributed by atoms with Crippen LogP contribution in [0.1, 0.15) is 32.1 Å². The molecule has 0 spiro atoms. The van der Waals surface area contributed by atoms with E-state index in [-0.39, 0.29) is 17.1 Å². The molecule has 0 radical (unpaired) electrons. The van der Waals surface area contributed by atoms with Gasteiger partial charge in [-0.3, -0.25) is 0 Å². The van der Waals surface area contributed by atoms with Crippen molar-refractivity contribution in [2.24, 2.45) is 0 Å². The van der Waals surface area contributed by atoms with Crippen molar-refractivity contribution in [2.75, 3.05) is 11.9 Å². The molecule has 5 heteroatoms. The molecule has 21 heavy (non-hydrogen) atoms. The number of nitrogens with one attached hydrogen (secondary N) is 1. The van der Waals surface area contributed by atoms with Crippen molar-refractivity contribution in [1.29, 1.82) is 0 Å². The molecule has 3 nitrogen and oxygen atoms in total. The molecule has 0 aromatic heterocycles. The van der Waals surface area contributed by atoms with Crippen LogP contribution in [-0.4, -0.2) is 23.5 Å². The Morgan fingerprint density at radius 3 is 2.76 bits per heavy atom. The number of hydrogen-bond acceptors (Lipinski definition) is 1. The SMILES string of the molecule is C=CCN(C(=O)Nc1ccc(F)c(Cl)c1)C1CCCCC1. The van der Waals surface area contributed by atoms with Gasteiger partial charge in [0, 0.05) is 18.3 Å². The first kappa shape index (κ1) is 15.8. The first-order chi connectivity index (χ1) is 10.1. The molecule has 0 aliphatic heterocycles. The van der Waals surface area contributed by atoms with E-state index in [0.717, 1.165) is 25.7 Å². The van der Waals surface area contributed by atoms with Gasteiger partial charge in [0.15, 0.2) is 0 Å². The second-order valence-electron chi connectivity index (χ2n) is 5.29. The highest BCUT2D eigenvalue weighted by atomic mass is 35.5. The fraction of sp³-hybridized carbons (Fsp3) is 0.438. The Morgan fingerprint density at radius 1 is 1.43 bits per heavy atom. The third-order valence-electron chi connectivity index (χ3n) is 3.77. The number of urea groups is 1.